The molecule has 0 aliphatic carbocycles. The zero-order valence-corrected chi connectivity index (χ0v) is 17.3. The first-order valence-electron chi connectivity index (χ1n) is 10.1. The maximum atomic E-state index is 13.4. The van der Waals surface area contributed by atoms with E-state index in [-0.39, 0.29) is 11.9 Å². The molecule has 1 aromatic heterocycles. The average molecular weight is 429 g/mol. The van der Waals surface area contributed by atoms with Crippen molar-refractivity contribution >= 4 is 11.6 Å². The molecular weight excluding hydrogens is 409 g/mol. The molecule has 0 radical (unpaired) electrons. The number of methoxy groups -OCH3 is 1. The van der Waals surface area contributed by atoms with E-state index in [0.717, 1.165) is 22.4 Å². The van der Waals surface area contributed by atoms with E-state index in [1.165, 1.54) is 12.1 Å². The van der Waals surface area contributed by atoms with E-state index in [1.54, 1.807) is 23.9 Å². The molecule has 3 aromatic carbocycles. The van der Waals surface area contributed by atoms with Crippen LogP contribution in [0.15, 0.2) is 78.9 Å². The smallest absolute Gasteiger partial charge is 0.248 e. The van der Waals surface area contributed by atoms with Gasteiger partial charge in [-0.25, -0.2) is 4.39 Å². The van der Waals surface area contributed by atoms with Crippen LogP contribution in [-0.4, -0.2) is 27.3 Å². The van der Waals surface area contributed by atoms with Crippen LogP contribution >= 0.6 is 0 Å². The summed E-state index contributed by atoms with van der Waals surface area (Å²) < 4.78 is 26.7. The lowest BCUT2D eigenvalue weighted by Gasteiger charge is -2.24. The molecule has 160 valence electrons. The molecule has 0 saturated heterocycles. The van der Waals surface area contributed by atoms with Gasteiger partial charge in [-0.2, -0.15) is 4.68 Å². The lowest BCUT2D eigenvalue weighted by atomic mass is 10.0. The molecule has 0 unspecified atom stereocenters. The Hall–Kier alpha value is -4.20. The van der Waals surface area contributed by atoms with Crippen LogP contribution in [0.5, 0.6) is 11.5 Å². The van der Waals surface area contributed by atoms with Gasteiger partial charge in [0.05, 0.1) is 7.11 Å². The van der Waals surface area contributed by atoms with Gasteiger partial charge in [-0.15, -0.1) is 0 Å². The van der Waals surface area contributed by atoms with Crippen molar-refractivity contribution in [1.82, 2.24) is 20.2 Å². The number of nitrogens with one attached hydrogen (secondary N) is 1. The number of fused-ring (bicyclic) bond motifs is 1. The van der Waals surface area contributed by atoms with Crippen molar-refractivity contribution in [1.29, 1.82) is 0 Å². The molecule has 0 spiro atoms. The predicted octanol–water partition coefficient (Wildman–Crippen LogP) is 4.46. The van der Waals surface area contributed by atoms with Gasteiger partial charge in [0.2, 0.25) is 5.95 Å². The van der Waals surface area contributed by atoms with E-state index < -0.39 is 0 Å². The highest BCUT2D eigenvalue weighted by molar-refractivity contribution is 5.77. The van der Waals surface area contributed by atoms with Crippen LogP contribution in [0.25, 0.3) is 5.70 Å². The number of anilines is 1. The van der Waals surface area contributed by atoms with E-state index >= 15 is 0 Å². The second-order valence-corrected chi connectivity index (χ2v) is 7.29. The van der Waals surface area contributed by atoms with E-state index in [1.807, 2.05) is 54.6 Å². The Kier molecular flexibility index (Phi) is 5.25. The van der Waals surface area contributed by atoms with Crippen LogP contribution in [0.4, 0.5) is 10.3 Å². The van der Waals surface area contributed by atoms with Crippen molar-refractivity contribution in [3.8, 4) is 11.5 Å². The summed E-state index contributed by atoms with van der Waals surface area (Å²) in [6.07, 6.45) is 2.00. The van der Waals surface area contributed by atoms with E-state index in [2.05, 4.69) is 20.8 Å². The van der Waals surface area contributed by atoms with Crippen LogP contribution in [0, 0.1) is 5.82 Å². The van der Waals surface area contributed by atoms with E-state index in [9.17, 15) is 4.39 Å². The Balaban J connectivity index is 1.50. The Morgan fingerprint density at radius 2 is 1.81 bits per heavy atom. The standard InChI is InChI=1S/C24H20FN5O2/c1-31-22-12-9-18(13-23(22)32-15-16-5-3-2-4-6-16)21-14-20(17-7-10-19(25)11-8-17)26-24-27-28-29-30(21)24/h2-14,21H,15H2,1H3,(H,26,27,29)/t21-/m0/s1. The van der Waals surface area contributed by atoms with Crippen molar-refractivity contribution in [3.63, 3.8) is 0 Å². The van der Waals surface area contributed by atoms with Crippen molar-refractivity contribution in [2.75, 3.05) is 12.4 Å². The van der Waals surface area contributed by atoms with Gasteiger partial charge in [0, 0.05) is 5.70 Å². The fraction of sp³-hybridized carbons (Fsp3) is 0.125. The van der Waals surface area contributed by atoms with Crippen molar-refractivity contribution < 1.29 is 13.9 Å². The quantitative estimate of drug-likeness (QED) is 0.488. The minimum absolute atomic E-state index is 0.286. The molecule has 1 N–H and O–H groups in total. The minimum Gasteiger partial charge on any atom is -0.493 e. The van der Waals surface area contributed by atoms with E-state index in [0.29, 0.717) is 24.1 Å². The molecule has 0 bridgehead atoms. The topological polar surface area (TPSA) is 74.1 Å². The van der Waals surface area contributed by atoms with Crippen molar-refractivity contribution in [3.05, 3.63) is 101 Å². The zero-order valence-electron chi connectivity index (χ0n) is 17.3. The number of hydrogen-bond acceptors (Lipinski definition) is 6. The third-order valence-electron chi connectivity index (χ3n) is 5.25. The number of benzene rings is 3. The Morgan fingerprint density at radius 3 is 2.59 bits per heavy atom. The number of halogens is 1. The van der Waals surface area contributed by atoms with Gasteiger partial charge in [-0.3, -0.25) is 0 Å². The van der Waals surface area contributed by atoms with Gasteiger partial charge in [-0.1, -0.05) is 41.5 Å². The number of ether oxygens (including phenoxy) is 2. The number of allylic oxidation sites excluding steroid dienone is 1. The number of aromatic nitrogens is 4. The van der Waals surface area contributed by atoms with Gasteiger partial charge >= 0.3 is 0 Å². The lowest BCUT2D eigenvalue weighted by Crippen LogP contribution is -2.20. The normalized spacial score (nSPS) is 14.8. The summed E-state index contributed by atoms with van der Waals surface area (Å²) in [5, 5.41) is 15.2. The molecule has 0 amide bonds. The molecule has 1 aliphatic rings. The Morgan fingerprint density at radius 1 is 1.00 bits per heavy atom. The Bertz CT molecular complexity index is 1260. The third-order valence-corrected chi connectivity index (χ3v) is 5.25. The van der Waals surface area contributed by atoms with Gasteiger partial charge in [0.25, 0.3) is 0 Å². The van der Waals surface area contributed by atoms with Gasteiger partial charge in [-0.05, 0) is 69.6 Å². The molecule has 1 atom stereocenters. The molecule has 0 fully saturated rings. The molecule has 5 rings (SSSR count). The van der Waals surface area contributed by atoms with Crippen LogP contribution in [0.2, 0.25) is 0 Å². The molecule has 0 saturated carbocycles. The first-order valence-corrected chi connectivity index (χ1v) is 10.1. The summed E-state index contributed by atoms with van der Waals surface area (Å²) in [5.74, 6) is 1.47. The van der Waals surface area contributed by atoms with Gasteiger partial charge in [0.1, 0.15) is 18.5 Å². The third kappa shape index (κ3) is 3.90. The molecule has 32 heavy (non-hydrogen) atoms. The highest BCUT2D eigenvalue weighted by Crippen LogP contribution is 2.36. The molecular formula is C24H20FN5O2. The molecule has 7 nitrogen and oxygen atoms in total. The largest absolute Gasteiger partial charge is 0.493 e. The average Bonchev–Trinajstić information content (AvgIpc) is 3.32. The fourth-order valence-electron chi connectivity index (χ4n) is 3.61. The summed E-state index contributed by atoms with van der Waals surface area (Å²) in [6, 6.07) is 21.7. The highest BCUT2D eigenvalue weighted by atomic mass is 19.1. The number of rotatable bonds is 6. The van der Waals surface area contributed by atoms with Crippen LogP contribution in [0.3, 0.4) is 0 Å². The second kappa shape index (κ2) is 8.50. The van der Waals surface area contributed by atoms with Crippen molar-refractivity contribution in [2.24, 2.45) is 0 Å². The predicted molar refractivity (Wildman–Crippen MR) is 118 cm³/mol. The summed E-state index contributed by atoms with van der Waals surface area (Å²) in [5.41, 5.74) is 3.60. The minimum atomic E-state index is -0.290. The number of tetrazole rings is 1. The summed E-state index contributed by atoms with van der Waals surface area (Å²) in [7, 11) is 1.61. The van der Waals surface area contributed by atoms with Crippen LogP contribution in [0.1, 0.15) is 22.7 Å². The Labute approximate surface area is 184 Å². The van der Waals surface area contributed by atoms with Crippen LogP contribution in [-0.2, 0) is 6.61 Å². The second-order valence-electron chi connectivity index (χ2n) is 7.29. The summed E-state index contributed by atoms with van der Waals surface area (Å²) in [4.78, 5) is 0. The first kappa shape index (κ1) is 19.7. The monoisotopic (exact) mass is 429 g/mol. The highest BCUT2D eigenvalue weighted by Gasteiger charge is 2.25. The maximum absolute atomic E-state index is 13.4. The lowest BCUT2D eigenvalue weighted by molar-refractivity contribution is 0.284. The zero-order chi connectivity index (χ0) is 21.9. The number of hydrogen-bond donors (Lipinski definition) is 1. The van der Waals surface area contributed by atoms with Gasteiger partial charge < -0.3 is 14.8 Å². The fourth-order valence-corrected chi connectivity index (χ4v) is 3.61. The van der Waals surface area contributed by atoms with E-state index in [4.69, 9.17) is 9.47 Å². The number of nitrogens with zero attached hydrogens (tertiary/aromatic N) is 4. The van der Waals surface area contributed by atoms with Crippen LogP contribution < -0.4 is 14.8 Å². The molecule has 8 heteroatoms. The van der Waals surface area contributed by atoms with Gasteiger partial charge in [0.15, 0.2) is 11.5 Å². The maximum Gasteiger partial charge on any atom is 0.248 e. The summed E-state index contributed by atoms with van der Waals surface area (Å²) in [6.45, 7) is 0.416. The summed E-state index contributed by atoms with van der Waals surface area (Å²) >= 11 is 0. The molecule has 4 aromatic rings. The molecule has 2 heterocycles. The van der Waals surface area contributed by atoms with Crippen molar-refractivity contribution in [2.45, 2.75) is 12.6 Å². The molecule has 1 aliphatic heterocycles. The SMILES string of the molecule is COc1ccc([C@@H]2C=C(c3ccc(F)cc3)Nc3nnnn32)cc1OCc1ccccc1. The first-order chi connectivity index (χ1) is 15.7.